The average molecular weight is 421 g/mol. The van der Waals surface area contributed by atoms with E-state index in [-0.39, 0.29) is 17.9 Å². The topological polar surface area (TPSA) is 55.9 Å². The summed E-state index contributed by atoms with van der Waals surface area (Å²) in [6, 6.07) is 6.92. The van der Waals surface area contributed by atoms with E-state index in [1.807, 2.05) is 11.8 Å². The number of benzene rings is 1. The van der Waals surface area contributed by atoms with Gasteiger partial charge in [-0.25, -0.2) is 0 Å². The molecule has 2 saturated heterocycles. The van der Waals surface area contributed by atoms with Crippen molar-refractivity contribution in [2.45, 2.75) is 33.2 Å². The maximum atomic E-state index is 12.7. The van der Waals surface area contributed by atoms with E-state index in [1.165, 1.54) is 6.42 Å². The van der Waals surface area contributed by atoms with Gasteiger partial charge in [0.05, 0.1) is 12.6 Å². The normalized spacial score (nSPS) is 24.9. The zero-order chi connectivity index (χ0) is 21.0. The Morgan fingerprint density at radius 2 is 1.66 bits per heavy atom. The summed E-state index contributed by atoms with van der Waals surface area (Å²) in [6.07, 6.45) is 1.21. The van der Waals surface area contributed by atoms with Crippen LogP contribution in [0.15, 0.2) is 24.3 Å². The number of rotatable bonds is 5. The van der Waals surface area contributed by atoms with Crippen LogP contribution in [0.1, 0.15) is 27.2 Å². The van der Waals surface area contributed by atoms with Gasteiger partial charge in [0.1, 0.15) is 0 Å². The van der Waals surface area contributed by atoms with E-state index in [9.17, 15) is 9.59 Å². The summed E-state index contributed by atoms with van der Waals surface area (Å²) in [5.74, 6) is 1.39. The van der Waals surface area contributed by atoms with Crippen LogP contribution in [0.5, 0.6) is 0 Å². The SMILES string of the molecule is CC1CC(C)CN(C(=O)CN2CCN(C(C)C(=O)Nc3ccc(Cl)cc3)CC2)C1. The fourth-order valence-corrected chi connectivity index (χ4v) is 4.54. The predicted molar refractivity (Wildman–Crippen MR) is 117 cm³/mol. The molecule has 29 heavy (non-hydrogen) atoms. The van der Waals surface area contributed by atoms with Crippen molar-refractivity contribution in [3.8, 4) is 0 Å². The van der Waals surface area contributed by atoms with Gasteiger partial charge in [0, 0.05) is 50.0 Å². The highest BCUT2D eigenvalue weighted by Gasteiger charge is 2.29. The Bertz CT molecular complexity index is 693. The Morgan fingerprint density at radius 1 is 1.07 bits per heavy atom. The standard InChI is InChI=1S/C22H33ClN4O2/c1-16-12-17(2)14-27(13-16)21(28)15-25-8-10-26(11-9-25)18(3)22(29)24-20-6-4-19(23)5-7-20/h4-7,16-18H,8-15H2,1-3H3,(H,24,29). The van der Waals surface area contributed by atoms with Crippen LogP contribution >= 0.6 is 11.6 Å². The highest BCUT2D eigenvalue weighted by atomic mass is 35.5. The molecule has 0 bridgehead atoms. The van der Waals surface area contributed by atoms with Crippen LogP contribution in [0.25, 0.3) is 0 Å². The van der Waals surface area contributed by atoms with Gasteiger partial charge in [0.25, 0.3) is 0 Å². The third-order valence-corrected chi connectivity index (χ3v) is 6.28. The highest BCUT2D eigenvalue weighted by Crippen LogP contribution is 2.21. The summed E-state index contributed by atoms with van der Waals surface area (Å²) in [4.78, 5) is 31.7. The molecule has 0 radical (unpaired) electrons. The van der Waals surface area contributed by atoms with Crippen molar-refractivity contribution in [1.29, 1.82) is 0 Å². The van der Waals surface area contributed by atoms with Crippen molar-refractivity contribution >= 4 is 29.1 Å². The molecule has 0 spiro atoms. The lowest BCUT2D eigenvalue weighted by Gasteiger charge is -2.39. The van der Waals surface area contributed by atoms with Crippen LogP contribution in [0.4, 0.5) is 5.69 Å². The first kappa shape index (κ1) is 22.1. The molecule has 3 atom stereocenters. The summed E-state index contributed by atoms with van der Waals surface area (Å²) in [5.41, 5.74) is 0.750. The van der Waals surface area contributed by atoms with Crippen LogP contribution in [0.2, 0.25) is 5.02 Å². The summed E-state index contributed by atoms with van der Waals surface area (Å²) >= 11 is 5.89. The second-order valence-electron chi connectivity index (χ2n) is 8.73. The Balaban J connectivity index is 1.44. The lowest BCUT2D eigenvalue weighted by molar-refractivity contribution is -0.136. The minimum absolute atomic E-state index is 0.0202. The first-order valence-electron chi connectivity index (χ1n) is 10.6. The van der Waals surface area contributed by atoms with Gasteiger partial charge in [-0.2, -0.15) is 0 Å². The Hall–Kier alpha value is -1.63. The zero-order valence-corrected chi connectivity index (χ0v) is 18.5. The van der Waals surface area contributed by atoms with E-state index in [1.54, 1.807) is 24.3 Å². The summed E-state index contributed by atoms with van der Waals surface area (Å²) in [5, 5.41) is 3.60. The number of piperazine rings is 1. The molecule has 3 unspecified atom stereocenters. The van der Waals surface area contributed by atoms with E-state index in [2.05, 4.69) is 29.0 Å². The molecular weight excluding hydrogens is 388 g/mol. The monoisotopic (exact) mass is 420 g/mol. The second-order valence-corrected chi connectivity index (χ2v) is 9.17. The molecular formula is C22H33ClN4O2. The first-order chi connectivity index (χ1) is 13.8. The maximum Gasteiger partial charge on any atom is 0.241 e. The molecule has 1 aromatic rings. The van der Waals surface area contributed by atoms with E-state index in [0.717, 1.165) is 45.0 Å². The van der Waals surface area contributed by atoms with Crippen LogP contribution in [0, 0.1) is 11.8 Å². The van der Waals surface area contributed by atoms with Gasteiger partial charge in [-0.1, -0.05) is 25.4 Å². The number of anilines is 1. The van der Waals surface area contributed by atoms with E-state index < -0.39 is 0 Å². The molecule has 7 heteroatoms. The molecule has 2 amide bonds. The quantitative estimate of drug-likeness (QED) is 0.795. The van der Waals surface area contributed by atoms with Crippen LogP contribution in [-0.2, 0) is 9.59 Å². The average Bonchev–Trinajstić information content (AvgIpc) is 2.69. The number of amides is 2. The molecule has 0 saturated carbocycles. The highest BCUT2D eigenvalue weighted by molar-refractivity contribution is 6.30. The smallest absolute Gasteiger partial charge is 0.241 e. The number of hydrogen-bond donors (Lipinski definition) is 1. The number of halogens is 1. The fourth-order valence-electron chi connectivity index (χ4n) is 4.41. The third-order valence-electron chi connectivity index (χ3n) is 6.03. The molecule has 2 aliphatic heterocycles. The van der Waals surface area contributed by atoms with Gasteiger partial charge in [-0.05, 0) is 49.4 Å². The number of piperidine rings is 1. The molecule has 1 N–H and O–H groups in total. The molecule has 0 aromatic heterocycles. The van der Waals surface area contributed by atoms with Crippen molar-refractivity contribution in [3.05, 3.63) is 29.3 Å². The van der Waals surface area contributed by atoms with Crippen molar-refractivity contribution in [3.63, 3.8) is 0 Å². The minimum atomic E-state index is -0.215. The lowest BCUT2D eigenvalue weighted by atomic mass is 9.92. The van der Waals surface area contributed by atoms with E-state index in [0.29, 0.717) is 23.4 Å². The lowest BCUT2D eigenvalue weighted by Crippen LogP contribution is -2.55. The molecule has 3 rings (SSSR count). The van der Waals surface area contributed by atoms with E-state index in [4.69, 9.17) is 11.6 Å². The molecule has 6 nitrogen and oxygen atoms in total. The summed E-state index contributed by atoms with van der Waals surface area (Å²) in [7, 11) is 0. The van der Waals surface area contributed by atoms with Gasteiger partial charge in [-0.3, -0.25) is 19.4 Å². The van der Waals surface area contributed by atoms with E-state index >= 15 is 0 Å². The Labute approximate surface area is 179 Å². The van der Waals surface area contributed by atoms with Gasteiger partial charge in [0.2, 0.25) is 11.8 Å². The molecule has 2 aliphatic rings. The Kier molecular flexibility index (Phi) is 7.55. The predicted octanol–water partition coefficient (Wildman–Crippen LogP) is 2.79. The van der Waals surface area contributed by atoms with Gasteiger partial charge < -0.3 is 10.2 Å². The number of carbonyl (C=O) groups excluding carboxylic acids is 2. The van der Waals surface area contributed by atoms with Crippen molar-refractivity contribution < 1.29 is 9.59 Å². The molecule has 2 heterocycles. The molecule has 1 aromatic carbocycles. The van der Waals surface area contributed by atoms with Gasteiger partial charge in [0.15, 0.2) is 0 Å². The second kappa shape index (κ2) is 9.92. The number of hydrogen-bond acceptors (Lipinski definition) is 4. The van der Waals surface area contributed by atoms with Crippen molar-refractivity contribution in [1.82, 2.24) is 14.7 Å². The number of nitrogens with zero attached hydrogens (tertiary/aromatic N) is 3. The maximum absolute atomic E-state index is 12.7. The molecule has 160 valence electrons. The number of carbonyl (C=O) groups is 2. The van der Waals surface area contributed by atoms with Gasteiger partial charge >= 0.3 is 0 Å². The molecule has 0 aliphatic carbocycles. The van der Waals surface area contributed by atoms with Crippen molar-refractivity contribution in [2.24, 2.45) is 11.8 Å². The third kappa shape index (κ3) is 6.17. The minimum Gasteiger partial charge on any atom is -0.341 e. The largest absolute Gasteiger partial charge is 0.341 e. The van der Waals surface area contributed by atoms with Crippen LogP contribution in [0.3, 0.4) is 0 Å². The zero-order valence-electron chi connectivity index (χ0n) is 17.7. The number of likely N-dealkylation sites (tertiary alicyclic amines) is 1. The van der Waals surface area contributed by atoms with Crippen LogP contribution < -0.4 is 5.32 Å². The van der Waals surface area contributed by atoms with Gasteiger partial charge in [-0.15, -0.1) is 0 Å². The summed E-state index contributed by atoms with van der Waals surface area (Å²) < 4.78 is 0. The molecule has 2 fully saturated rings. The fraction of sp³-hybridized carbons (Fsp3) is 0.636. The van der Waals surface area contributed by atoms with Crippen LogP contribution in [-0.4, -0.2) is 78.4 Å². The van der Waals surface area contributed by atoms with Crippen molar-refractivity contribution in [2.75, 3.05) is 51.1 Å². The first-order valence-corrected chi connectivity index (χ1v) is 11.0. The number of nitrogens with one attached hydrogen (secondary N) is 1. The Morgan fingerprint density at radius 3 is 2.24 bits per heavy atom. The summed E-state index contributed by atoms with van der Waals surface area (Å²) in [6.45, 7) is 11.8.